The van der Waals surface area contributed by atoms with Gasteiger partial charge in [-0.2, -0.15) is 0 Å². The van der Waals surface area contributed by atoms with Crippen molar-refractivity contribution in [3.05, 3.63) is 34.3 Å². The lowest BCUT2D eigenvalue weighted by atomic mass is 10.1. The summed E-state index contributed by atoms with van der Waals surface area (Å²) in [5.41, 5.74) is 0.744. The number of nitrogens with zero attached hydrogens (tertiary/aromatic N) is 1. The Morgan fingerprint density at radius 3 is 2.76 bits per heavy atom. The van der Waals surface area contributed by atoms with Gasteiger partial charge in [-0.3, -0.25) is 4.79 Å². The Bertz CT molecular complexity index is 385. The van der Waals surface area contributed by atoms with Gasteiger partial charge < -0.3 is 10.2 Å². The van der Waals surface area contributed by atoms with Crippen LogP contribution >= 0.6 is 15.9 Å². The number of amides is 1. The number of rotatable bonds is 3. The predicted molar refractivity (Wildman–Crippen MR) is 72.1 cm³/mol. The summed E-state index contributed by atoms with van der Waals surface area (Å²) in [6, 6.07) is 7.96. The average Bonchev–Trinajstić information content (AvgIpc) is 2.82. The molecule has 1 aromatic rings. The van der Waals surface area contributed by atoms with Crippen molar-refractivity contribution in [2.45, 2.75) is 18.9 Å². The van der Waals surface area contributed by atoms with Crippen LogP contribution in [0.25, 0.3) is 0 Å². The van der Waals surface area contributed by atoms with E-state index < -0.39 is 0 Å². The van der Waals surface area contributed by atoms with E-state index in [1.807, 2.05) is 31.3 Å². The molecule has 92 valence electrons. The van der Waals surface area contributed by atoms with E-state index in [9.17, 15) is 4.79 Å². The largest absolute Gasteiger partial charge is 0.340 e. The molecule has 1 fully saturated rings. The second-order valence-corrected chi connectivity index (χ2v) is 5.40. The Kier molecular flexibility index (Phi) is 4.18. The van der Waals surface area contributed by atoms with Gasteiger partial charge in [0.1, 0.15) is 0 Å². The van der Waals surface area contributed by atoms with Gasteiger partial charge in [-0.05, 0) is 43.7 Å². The second-order valence-electron chi connectivity index (χ2n) is 4.49. The van der Waals surface area contributed by atoms with Crippen molar-refractivity contribution in [1.82, 2.24) is 10.2 Å². The van der Waals surface area contributed by atoms with Crippen LogP contribution in [0.4, 0.5) is 0 Å². The van der Waals surface area contributed by atoms with E-state index >= 15 is 0 Å². The molecule has 1 aliphatic heterocycles. The van der Waals surface area contributed by atoms with Gasteiger partial charge >= 0.3 is 0 Å². The smallest absolute Gasteiger partial charge is 0.253 e. The maximum Gasteiger partial charge on any atom is 0.253 e. The lowest BCUT2D eigenvalue weighted by molar-refractivity contribution is 0.0784. The minimum absolute atomic E-state index is 0.0891. The monoisotopic (exact) mass is 296 g/mol. The quantitative estimate of drug-likeness (QED) is 0.928. The number of halogens is 1. The Hall–Kier alpha value is -0.870. The molecule has 3 nitrogen and oxygen atoms in total. The Morgan fingerprint density at radius 2 is 2.18 bits per heavy atom. The highest BCUT2D eigenvalue weighted by molar-refractivity contribution is 9.10. The molecule has 1 saturated heterocycles. The van der Waals surface area contributed by atoms with Crippen LogP contribution in [0.2, 0.25) is 0 Å². The third-order valence-corrected chi connectivity index (χ3v) is 3.62. The van der Waals surface area contributed by atoms with Gasteiger partial charge in [0.2, 0.25) is 0 Å². The molecular formula is C13H17BrN2O. The maximum atomic E-state index is 12.1. The normalized spacial score (nSPS) is 19.3. The first-order chi connectivity index (χ1) is 8.16. The van der Waals surface area contributed by atoms with Gasteiger partial charge in [-0.1, -0.05) is 15.9 Å². The fourth-order valence-corrected chi connectivity index (χ4v) is 2.40. The molecule has 1 aromatic carbocycles. The summed E-state index contributed by atoms with van der Waals surface area (Å²) in [4.78, 5) is 13.9. The van der Waals surface area contributed by atoms with Crippen LogP contribution < -0.4 is 5.32 Å². The van der Waals surface area contributed by atoms with Crippen LogP contribution in [0.5, 0.6) is 0 Å². The number of carbonyl (C=O) groups is 1. The van der Waals surface area contributed by atoms with Crippen LogP contribution in [0.3, 0.4) is 0 Å². The first-order valence-electron chi connectivity index (χ1n) is 5.91. The molecule has 1 heterocycles. The summed E-state index contributed by atoms with van der Waals surface area (Å²) >= 11 is 3.37. The molecule has 1 aliphatic rings. The van der Waals surface area contributed by atoms with Gasteiger partial charge in [0, 0.05) is 29.7 Å². The topological polar surface area (TPSA) is 32.3 Å². The minimum atomic E-state index is 0.0891. The van der Waals surface area contributed by atoms with Crippen molar-refractivity contribution in [3.8, 4) is 0 Å². The molecule has 1 amide bonds. The second kappa shape index (κ2) is 5.65. The number of benzene rings is 1. The zero-order valence-electron chi connectivity index (χ0n) is 9.95. The SMILES string of the molecule is CN(CC1CCCN1)C(=O)c1ccc(Br)cc1. The summed E-state index contributed by atoms with van der Waals surface area (Å²) < 4.78 is 0.995. The fourth-order valence-electron chi connectivity index (χ4n) is 2.14. The number of hydrogen-bond acceptors (Lipinski definition) is 2. The van der Waals surface area contributed by atoms with Crippen molar-refractivity contribution in [3.63, 3.8) is 0 Å². The molecule has 17 heavy (non-hydrogen) atoms. The lowest BCUT2D eigenvalue weighted by Gasteiger charge is -2.21. The molecule has 0 saturated carbocycles. The maximum absolute atomic E-state index is 12.1. The van der Waals surface area contributed by atoms with Crippen LogP contribution in [0.1, 0.15) is 23.2 Å². The molecular weight excluding hydrogens is 280 g/mol. The van der Waals surface area contributed by atoms with E-state index in [4.69, 9.17) is 0 Å². The van der Waals surface area contributed by atoms with Gasteiger partial charge in [-0.15, -0.1) is 0 Å². The molecule has 2 rings (SSSR count). The van der Waals surface area contributed by atoms with Gasteiger partial charge in [0.15, 0.2) is 0 Å². The van der Waals surface area contributed by atoms with E-state index in [1.165, 1.54) is 6.42 Å². The molecule has 1 unspecified atom stereocenters. The average molecular weight is 297 g/mol. The van der Waals surface area contributed by atoms with E-state index in [2.05, 4.69) is 21.2 Å². The van der Waals surface area contributed by atoms with Crippen LogP contribution in [0, 0.1) is 0 Å². The minimum Gasteiger partial charge on any atom is -0.340 e. The Morgan fingerprint density at radius 1 is 1.47 bits per heavy atom. The molecule has 0 aliphatic carbocycles. The highest BCUT2D eigenvalue weighted by atomic mass is 79.9. The van der Waals surface area contributed by atoms with Gasteiger partial charge in [0.05, 0.1) is 0 Å². The van der Waals surface area contributed by atoms with E-state index in [0.29, 0.717) is 6.04 Å². The third kappa shape index (κ3) is 3.30. The molecule has 0 radical (unpaired) electrons. The lowest BCUT2D eigenvalue weighted by Crippen LogP contribution is -2.38. The summed E-state index contributed by atoms with van der Waals surface area (Å²) in [6.07, 6.45) is 2.38. The van der Waals surface area contributed by atoms with Crippen molar-refractivity contribution in [1.29, 1.82) is 0 Å². The summed E-state index contributed by atoms with van der Waals surface area (Å²) in [5, 5.41) is 3.40. The Labute approximate surface area is 110 Å². The third-order valence-electron chi connectivity index (χ3n) is 3.09. The number of likely N-dealkylation sites (N-methyl/N-ethyl adjacent to an activating group) is 1. The molecule has 1 atom stereocenters. The highest BCUT2D eigenvalue weighted by Crippen LogP contribution is 2.13. The standard InChI is InChI=1S/C13H17BrN2O/c1-16(9-12-3-2-8-15-12)13(17)10-4-6-11(14)7-5-10/h4-7,12,15H,2-3,8-9H2,1H3. The first-order valence-corrected chi connectivity index (χ1v) is 6.70. The van der Waals surface area contributed by atoms with E-state index in [1.54, 1.807) is 4.90 Å². The van der Waals surface area contributed by atoms with E-state index in [0.717, 1.165) is 29.5 Å². The number of nitrogens with one attached hydrogen (secondary N) is 1. The van der Waals surface area contributed by atoms with Gasteiger partial charge in [-0.25, -0.2) is 0 Å². The molecule has 4 heteroatoms. The van der Waals surface area contributed by atoms with Crippen LogP contribution in [0.15, 0.2) is 28.7 Å². The predicted octanol–water partition coefficient (Wildman–Crippen LogP) is 2.27. The fraction of sp³-hybridized carbons (Fsp3) is 0.462. The van der Waals surface area contributed by atoms with Crippen molar-refractivity contribution < 1.29 is 4.79 Å². The van der Waals surface area contributed by atoms with E-state index in [-0.39, 0.29) is 5.91 Å². The summed E-state index contributed by atoms with van der Waals surface area (Å²) in [6.45, 7) is 1.86. The van der Waals surface area contributed by atoms with Crippen LogP contribution in [-0.4, -0.2) is 37.0 Å². The van der Waals surface area contributed by atoms with Crippen molar-refractivity contribution >= 4 is 21.8 Å². The van der Waals surface area contributed by atoms with Crippen LogP contribution in [-0.2, 0) is 0 Å². The number of hydrogen-bond donors (Lipinski definition) is 1. The molecule has 0 spiro atoms. The summed E-state index contributed by atoms with van der Waals surface area (Å²) in [5.74, 6) is 0.0891. The van der Waals surface area contributed by atoms with Crippen molar-refractivity contribution in [2.75, 3.05) is 20.1 Å². The molecule has 0 bridgehead atoms. The first kappa shape index (κ1) is 12.6. The number of carbonyl (C=O) groups excluding carboxylic acids is 1. The Balaban J connectivity index is 1.96. The summed E-state index contributed by atoms with van der Waals surface area (Å²) in [7, 11) is 1.87. The zero-order valence-corrected chi connectivity index (χ0v) is 11.5. The molecule has 0 aromatic heterocycles. The zero-order chi connectivity index (χ0) is 12.3. The highest BCUT2D eigenvalue weighted by Gasteiger charge is 2.19. The van der Waals surface area contributed by atoms with Gasteiger partial charge in [0.25, 0.3) is 5.91 Å². The molecule has 1 N–H and O–H groups in total. The van der Waals surface area contributed by atoms with Crippen molar-refractivity contribution in [2.24, 2.45) is 0 Å².